The Morgan fingerprint density at radius 2 is 1.82 bits per heavy atom. The molecule has 0 bridgehead atoms. The minimum atomic E-state index is -0.576. The molecule has 0 saturated carbocycles. The monoisotopic (exact) mass is 249 g/mol. The van der Waals surface area contributed by atoms with Crippen LogP contribution in [0.1, 0.15) is 20.8 Å². The Hall–Kier alpha value is -0.200. The molecule has 0 amide bonds. The van der Waals surface area contributed by atoms with Crippen LogP contribution in [0.15, 0.2) is 0 Å². The van der Waals surface area contributed by atoms with E-state index in [9.17, 15) is 5.11 Å². The third-order valence-electron chi connectivity index (χ3n) is 2.08. The van der Waals surface area contributed by atoms with Crippen LogP contribution in [0.3, 0.4) is 0 Å². The van der Waals surface area contributed by atoms with Gasteiger partial charge in [-0.1, -0.05) is 13.8 Å². The zero-order chi connectivity index (χ0) is 13.1. The quantitative estimate of drug-likeness (QED) is 0.520. The molecule has 0 aliphatic rings. The van der Waals surface area contributed by atoms with E-state index < -0.39 is 6.10 Å². The number of aliphatic hydroxyl groups excluding tert-OH is 1. The van der Waals surface area contributed by atoms with E-state index in [1.165, 1.54) is 0 Å². The summed E-state index contributed by atoms with van der Waals surface area (Å²) >= 11 is 0. The van der Waals surface area contributed by atoms with E-state index in [2.05, 4.69) is 19.2 Å². The molecule has 0 rings (SSSR count). The van der Waals surface area contributed by atoms with Gasteiger partial charge >= 0.3 is 0 Å². The molecule has 2 N–H and O–H groups in total. The van der Waals surface area contributed by atoms with Crippen molar-refractivity contribution in [3.05, 3.63) is 0 Å². The molecule has 0 heterocycles. The van der Waals surface area contributed by atoms with Crippen LogP contribution in [0.2, 0.25) is 0 Å². The lowest BCUT2D eigenvalue weighted by molar-refractivity contribution is -0.0563. The van der Waals surface area contributed by atoms with Crippen molar-refractivity contribution in [1.82, 2.24) is 5.32 Å². The number of aliphatic hydroxyl groups is 1. The largest absolute Gasteiger partial charge is 0.388 e. The van der Waals surface area contributed by atoms with Gasteiger partial charge < -0.3 is 24.6 Å². The molecule has 0 aromatic rings. The molecule has 0 spiro atoms. The first-order valence-corrected chi connectivity index (χ1v) is 6.16. The Labute approximate surface area is 104 Å². The first-order chi connectivity index (χ1) is 8.06. The van der Waals surface area contributed by atoms with Gasteiger partial charge in [-0.25, -0.2) is 0 Å². The minimum absolute atomic E-state index is 0.00254. The van der Waals surface area contributed by atoms with Crippen LogP contribution in [-0.2, 0) is 14.2 Å². The van der Waals surface area contributed by atoms with Crippen LogP contribution in [0, 0.1) is 0 Å². The predicted octanol–water partition coefficient (Wildman–Crippen LogP) is 0.413. The van der Waals surface area contributed by atoms with E-state index in [0.717, 1.165) is 6.54 Å². The Morgan fingerprint density at radius 1 is 1.12 bits per heavy atom. The topological polar surface area (TPSA) is 60.0 Å². The van der Waals surface area contributed by atoms with E-state index in [4.69, 9.17) is 14.2 Å². The Balaban J connectivity index is 3.31. The van der Waals surface area contributed by atoms with Crippen molar-refractivity contribution >= 4 is 0 Å². The molecule has 0 aromatic heterocycles. The summed E-state index contributed by atoms with van der Waals surface area (Å²) in [5.74, 6) is 0. The molecule has 0 aromatic carbocycles. The number of methoxy groups -OCH3 is 1. The maximum absolute atomic E-state index is 9.56. The standard InChI is InChI=1S/C12H27NO4/c1-10(2)13-5-6-16-8-12(14)9-17-11(3)7-15-4/h10-14H,5-9H2,1-4H3. The lowest BCUT2D eigenvalue weighted by Gasteiger charge is -2.16. The second kappa shape index (κ2) is 10.9. The molecule has 5 nitrogen and oxygen atoms in total. The molecule has 0 radical (unpaired) electrons. The lowest BCUT2D eigenvalue weighted by atomic mass is 10.4. The van der Waals surface area contributed by atoms with Gasteiger partial charge in [0.2, 0.25) is 0 Å². The van der Waals surface area contributed by atoms with Gasteiger partial charge in [0.15, 0.2) is 0 Å². The summed E-state index contributed by atoms with van der Waals surface area (Å²) in [5.41, 5.74) is 0. The van der Waals surface area contributed by atoms with E-state index >= 15 is 0 Å². The molecule has 104 valence electrons. The van der Waals surface area contributed by atoms with Crippen LogP contribution in [-0.4, -0.2) is 63.4 Å². The van der Waals surface area contributed by atoms with Crippen molar-refractivity contribution in [3.63, 3.8) is 0 Å². The second-order valence-corrected chi connectivity index (χ2v) is 4.44. The fourth-order valence-corrected chi connectivity index (χ4v) is 1.25. The van der Waals surface area contributed by atoms with Crippen LogP contribution in [0.5, 0.6) is 0 Å². The van der Waals surface area contributed by atoms with Gasteiger partial charge in [0.25, 0.3) is 0 Å². The zero-order valence-corrected chi connectivity index (χ0v) is 11.4. The van der Waals surface area contributed by atoms with Crippen LogP contribution in [0.4, 0.5) is 0 Å². The number of rotatable bonds is 11. The third kappa shape index (κ3) is 12.1. The first kappa shape index (κ1) is 16.8. The van der Waals surface area contributed by atoms with E-state index in [-0.39, 0.29) is 12.7 Å². The number of hydrogen-bond acceptors (Lipinski definition) is 5. The van der Waals surface area contributed by atoms with Crippen molar-refractivity contribution in [1.29, 1.82) is 0 Å². The zero-order valence-electron chi connectivity index (χ0n) is 11.4. The fourth-order valence-electron chi connectivity index (χ4n) is 1.25. The molecule has 2 atom stereocenters. The summed E-state index contributed by atoms with van der Waals surface area (Å²) in [7, 11) is 1.63. The molecular formula is C12H27NO4. The highest BCUT2D eigenvalue weighted by Gasteiger charge is 2.08. The van der Waals surface area contributed by atoms with Crippen molar-refractivity contribution < 1.29 is 19.3 Å². The van der Waals surface area contributed by atoms with Crippen molar-refractivity contribution in [3.8, 4) is 0 Å². The molecule has 0 aliphatic carbocycles. The van der Waals surface area contributed by atoms with Gasteiger partial charge in [-0.3, -0.25) is 0 Å². The Morgan fingerprint density at radius 3 is 2.41 bits per heavy atom. The van der Waals surface area contributed by atoms with Gasteiger partial charge in [-0.2, -0.15) is 0 Å². The van der Waals surface area contributed by atoms with Crippen LogP contribution < -0.4 is 5.32 Å². The van der Waals surface area contributed by atoms with Crippen LogP contribution >= 0.6 is 0 Å². The highest BCUT2D eigenvalue weighted by Crippen LogP contribution is 1.94. The van der Waals surface area contributed by atoms with Gasteiger partial charge in [0, 0.05) is 19.7 Å². The summed E-state index contributed by atoms with van der Waals surface area (Å²) in [4.78, 5) is 0. The summed E-state index contributed by atoms with van der Waals surface area (Å²) in [6.07, 6.45) is -0.578. The number of nitrogens with one attached hydrogen (secondary N) is 1. The summed E-state index contributed by atoms with van der Waals surface area (Å²) in [5, 5.41) is 12.8. The molecule has 0 fully saturated rings. The van der Waals surface area contributed by atoms with Crippen LogP contribution in [0.25, 0.3) is 0 Å². The number of ether oxygens (including phenoxy) is 3. The molecule has 2 unspecified atom stereocenters. The molecule has 17 heavy (non-hydrogen) atoms. The van der Waals surface area contributed by atoms with Crippen molar-refractivity contribution in [2.45, 2.75) is 39.0 Å². The van der Waals surface area contributed by atoms with E-state index in [1.807, 2.05) is 6.92 Å². The van der Waals surface area contributed by atoms with E-state index in [1.54, 1.807) is 7.11 Å². The Bertz CT molecular complexity index is 167. The third-order valence-corrected chi connectivity index (χ3v) is 2.08. The van der Waals surface area contributed by atoms with Gasteiger partial charge in [0.1, 0.15) is 6.10 Å². The summed E-state index contributed by atoms with van der Waals surface area (Å²) in [6, 6.07) is 0.460. The maximum atomic E-state index is 9.56. The average molecular weight is 249 g/mol. The molecular weight excluding hydrogens is 222 g/mol. The molecule has 0 aliphatic heterocycles. The maximum Gasteiger partial charge on any atom is 0.101 e. The highest BCUT2D eigenvalue weighted by molar-refractivity contribution is 4.56. The SMILES string of the molecule is COCC(C)OCC(O)COCCNC(C)C. The van der Waals surface area contributed by atoms with Crippen molar-refractivity contribution in [2.75, 3.05) is 40.1 Å². The minimum Gasteiger partial charge on any atom is -0.388 e. The lowest BCUT2D eigenvalue weighted by Crippen LogP contribution is -2.30. The smallest absolute Gasteiger partial charge is 0.101 e. The fraction of sp³-hybridized carbons (Fsp3) is 1.00. The van der Waals surface area contributed by atoms with Crippen molar-refractivity contribution in [2.24, 2.45) is 0 Å². The molecule has 0 saturated heterocycles. The van der Waals surface area contributed by atoms with Gasteiger partial charge in [-0.05, 0) is 6.92 Å². The molecule has 5 heteroatoms. The predicted molar refractivity (Wildman–Crippen MR) is 67.3 cm³/mol. The summed E-state index contributed by atoms with van der Waals surface area (Å²) in [6.45, 7) is 8.59. The van der Waals surface area contributed by atoms with E-state index in [0.29, 0.717) is 25.9 Å². The number of hydrogen-bond donors (Lipinski definition) is 2. The second-order valence-electron chi connectivity index (χ2n) is 4.44. The average Bonchev–Trinajstić information content (AvgIpc) is 2.26. The Kier molecular flexibility index (Phi) is 10.8. The van der Waals surface area contributed by atoms with Gasteiger partial charge in [0.05, 0.1) is 32.5 Å². The summed E-state index contributed by atoms with van der Waals surface area (Å²) < 4.78 is 15.6. The van der Waals surface area contributed by atoms with Gasteiger partial charge in [-0.15, -0.1) is 0 Å². The highest BCUT2D eigenvalue weighted by atomic mass is 16.5. The normalized spacial score (nSPS) is 15.2. The first-order valence-electron chi connectivity index (χ1n) is 6.16.